The predicted molar refractivity (Wildman–Crippen MR) is 313 cm³/mol. The second kappa shape index (κ2) is 30.0. The molecule has 24 nitrogen and oxygen atoms in total. The summed E-state index contributed by atoms with van der Waals surface area (Å²) >= 11 is 0. The van der Waals surface area contributed by atoms with E-state index in [1.54, 1.807) is 74.4 Å². The fourth-order valence-corrected chi connectivity index (χ4v) is 11.3. The Balaban J connectivity index is 0.000000156. The molecule has 0 saturated carbocycles. The van der Waals surface area contributed by atoms with Crippen LogP contribution in [-0.2, 0) is 34.1 Å². The Labute approximate surface area is 499 Å². The molecule has 0 amide bonds. The van der Waals surface area contributed by atoms with Gasteiger partial charge in [0.25, 0.3) is 0 Å². The van der Waals surface area contributed by atoms with Crippen LogP contribution in [-0.4, -0.2) is 143 Å². The molecule has 30 heteroatoms. The van der Waals surface area contributed by atoms with Gasteiger partial charge >= 0.3 is 60.3 Å². The number of hydrogen-bond donors (Lipinski definition) is 0. The fourth-order valence-electron chi connectivity index (χ4n) is 11.3. The summed E-state index contributed by atoms with van der Waals surface area (Å²) in [5, 5.41) is 53.7. The van der Waals surface area contributed by atoms with Crippen LogP contribution >= 0.6 is 0 Å². The van der Waals surface area contributed by atoms with E-state index in [9.17, 15) is 0 Å². The summed E-state index contributed by atoms with van der Waals surface area (Å²) < 4.78 is 23.8. The Morgan fingerprint density at radius 2 is 0.317 bits per heavy atom. The first-order valence-corrected chi connectivity index (χ1v) is 28.2. The molecule has 428 valence electrons. The van der Waals surface area contributed by atoms with Crippen molar-refractivity contribution in [3.63, 3.8) is 0 Å². The summed E-state index contributed by atoms with van der Waals surface area (Å²) in [7, 11) is 0. The van der Waals surface area contributed by atoms with E-state index in [2.05, 4.69) is 88.9 Å². The van der Waals surface area contributed by atoms with Gasteiger partial charge in [0.2, 0.25) is 0 Å². The molecule has 0 aliphatic rings. The molecule has 0 fully saturated rings. The number of hydrogen-bond acceptors (Lipinski definition) is 12. The van der Waals surface area contributed by atoms with Gasteiger partial charge in [0, 0.05) is 74.4 Å². The monoisotopic (exact) mass is 1190 g/mol. The minimum Gasteiger partial charge on any atom is -0.400 e. The molecule has 0 spiro atoms. The second-order valence-electron chi connectivity index (χ2n) is 20.0. The Hall–Kier alpha value is -8.18. The van der Waals surface area contributed by atoms with Gasteiger partial charge in [-0.2, -0.15) is 0 Å². The molecule has 12 heterocycles. The van der Waals surface area contributed by atoms with Crippen molar-refractivity contribution in [2.24, 2.45) is 0 Å². The number of rotatable bonds is 24. The molecule has 0 aliphatic heterocycles. The van der Waals surface area contributed by atoms with Gasteiger partial charge in [-0.05, 0) is 147 Å². The molecule has 0 bridgehead atoms. The summed E-state index contributed by atoms with van der Waals surface area (Å²) in [5.41, 5.74) is 0. The average Bonchev–Trinajstić information content (AvgIpc) is 4.48. The average molecular weight is 1190 g/mol. The van der Waals surface area contributed by atoms with Crippen molar-refractivity contribution in [2.75, 3.05) is 0 Å². The van der Waals surface area contributed by atoms with E-state index in [1.807, 2.05) is 202 Å². The zero-order valence-corrected chi connectivity index (χ0v) is 49.2. The Kier molecular flexibility index (Phi) is 22.5. The van der Waals surface area contributed by atoms with Gasteiger partial charge in [0.15, 0.2) is 0 Å². The fraction of sp³-hybridized carbons (Fsp3) is 0.308. The molecule has 0 radical (unpaired) electrons. The molecule has 12 aromatic heterocycles. The van der Waals surface area contributed by atoms with Crippen LogP contribution in [0.15, 0.2) is 222 Å². The molecule has 82 heavy (non-hydrogen) atoms. The van der Waals surface area contributed by atoms with Crippen molar-refractivity contribution in [1.29, 1.82) is 0 Å². The van der Waals surface area contributed by atoms with Crippen LogP contribution in [0.4, 0.5) is 0 Å². The first-order chi connectivity index (χ1) is 39.5. The van der Waals surface area contributed by atoms with Gasteiger partial charge in [0.1, 0.15) is 0 Å². The Morgan fingerprint density at radius 3 is 0.390 bits per heavy atom. The van der Waals surface area contributed by atoms with Crippen LogP contribution in [0.2, 0.25) is 25.3 Å². The van der Waals surface area contributed by atoms with Crippen molar-refractivity contribution in [3.8, 4) is 0 Å². The van der Waals surface area contributed by atoms with Gasteiger partial charge in [-0.1, -0.05) is 79.1 Å². The molecule has 0 N–H and O–H groups in total. The third-order valence-corrected chi connectivity index (χ3v) is 15.2. The number of unbranched alkanes of at least 4 members (excludes halogenated alkanes) is 4. The van der Waals surface area contributed by atoms with Crippen molar-refractivity contribution < 1.29 is 34.1 Å². The minimum atomic E-state index is -1.38. The van der Waals surface area contributed by atoms with E-state index >= 15 is 0 Å². The molecule has 0 atom stereocenters. The minimum absolute atomic E-state index is 0. The van der Waals surface area contributed by atoms with Crippen molar-refractivity contribution in [2.45, 2.75) is 104 Å². The maximum absolute atomic E-state index is 4.48. The number of nitrogens with zero attached hydrogens (tertiary/aromatic N) is 24. The molecule has 0 unspecified atom stereocenters. The van der Waals surface area contributed by atoms with Crippen LogP contribution in [0, 0.1) is 0 Å². The zero-order valence-electron chi connectivity index (χ0n) is 47.0. The molecule has 12 aromatic rings. The molecular weight excluding hydrogens is 1120 g/mol. The smallest absolute Gasteiger partial charge is 0.400 e. The maximum atomic E-state index is 4.48. The van der Waals surface area contributed by atoms with Gasteiger partial charge in [-0.3, -0.25) is 0 Å². The van der Waals surface area contributed by atoms with E-state index in [0.717, 1.165) is 76.6 Å². The van der Waals surface area contributed by atoms with E-state index in [0.29, 0.717) is 0 Å². The Bertz CT molecular complexity index is 2590. The van der Waals surface area contributed by atoms with Crippen LogP contribution in [0.5, 0.6) is 0 Å². The molecular formula is C52H72B4Fe2N24. The van der Waals surface area contributed by atoms with E-state index < -0.39 is 26.2 Å². The SMILES string of the molecule is CCCC[B-](n1cccn1)(n1cccn1)n1cccn1.CCCC[B-](n1cccn1)(n1cccn1)n1cccn1.CCCC[B-](n1cccn1)(n1cccn1)n1cccn1.CCCC[B-](n1cccn1)(n1cccn1)n1cccn1.[Fe+2].[Fe+2]. The van der Waals surface area contributed by atoms with Crippen molar-refractivity contribution in [3.05, 3.63) is 222 Å². The van der Waals surface area contributed by atoms with Crippen LogP contribution in [0.3, 0.4) is 0 Å². The van der Waals surface area contributed by atoms with Crippen LogP contribution in [0.25, 0.3) is 0 Å². The topological polar surface area (TPSA) is 214 Å². The first-order valence-electron chi connectivity index (χ1n) is 28.2. The summed E-state index contributed by atoms with van der Waals surface area (Å²) in [4.78, 5) is 0. The van der Waals surface area contributed by atoms with Crippen molar-refractivity contribution in [1.82, 2.24) is 116 Å². The van der Waals surface area contributed by atoms with Gasteiger partial charge < -0.3 is 55.1 Å². The summed E-state index contributed by atoms with van der Waals surface area (Å²) in [6.45, 7) is 3.26. The largest absolute Gasteiger partial charge is 2.00 e. The van der Waals surface area contributed by atoms with Gasteiger partial charge in [-0.25, -0.2) is 61.2 Å². The zero-order chi connectivity index (χ0) is 55.4. The van der Waals surface area contributed by atoms with Crippen molar-refractivity contribution >= 4 is 26.2 Å². The van der Waals surface area contributed by atoms with Gasteiger partial charge in [-0.15, -0.1) is 25.3 Å². The van der Waals surface area contributed by atoms with Crippen LogP contribution < -0.4 is 0 Å². The second-order valence-corrected chi connectivity index (χ2v) is 20.0. The maximum Gasteiger partial charge on any atom is 2.00 e. The summed E-state index contributed by atoms with van der Waals surface area (Å²) in [6, 6.07) is 23.3. The van der Waals surface area contributed by atoms with Gasteiger partial charge in [0.05, 0.1) is 0 Å². The third kappa shape index (κ3) is 12.8. The molecule has 0 aliphatic carbocycles. The van der Waals surface area contributed by atoms with E-state index in [1.165, 1.54) is 0 Å². The summed E-state index contributed by atoms with van der Waals surface area (Å²) in [5.74, 6) is 0. The molecule has 0 aromatic carbocycles. The number of aromatic nitrogens is 24. The van der Waals surface area contributed by atoms with E-state index in [-0.39, 0.29) is 34.1 Å². The normalized spacial score (nSPS) is 11.6. The van der Waals surface area contributed by atoms with Crippen LogP contribution in [0.1, 0.15) is 79.1 Å². The molecule has 0 saturated heterocycles. The standard InChI is InChI=1S/4C13H18BN6.2Fe/c4*1-2-3-7-14(18-11-4-8-15-18,19-12-5-9-16-19)20-13-6-10-17-20;;/h4*4-6,8-13H,2-3,7H2,1H3;;/q4*-1;2*+2. The third-order valence-electron chi connectivity index (χ3n) is 15.2. The Morgan fingerprint density at radius 1 is 0.207 bits per heavy atom. The first kappa shape index (κ1) is 61.4. The molecule has 12 rings (SSSR count). The summed E-state index contributed by atoms with van der Waals surface area (Å²) in [6.07, 6.45) is 58.0. The quantitative estimate of drug-likeness (QED) is 0.0530. The van der Waals surface area contributed by atoms with E-state index in [4.69, 9.17) is 0 Å². The predicted octanol–water partition coefficient (Wildman–Crippen LogP) is 7.83.